The third-order valence-electron chi connectivity index (χ3n) is 2.35. The van der Waals surface area contributed by atoms with Crippen molar-refractivity contribution < 1.29 is 4.79 Å². The molecule has 1 atom stereocenters. The second-order valence-corrected chi connectivity index (χ2v) is 4.15. The number of nitrogens with one attached hydrogen (secondary N) is 1. The van der Waals surface area contributed by atoms with E-state index in [2.05, 4.69) is 11.4 Å². The van der Waals surface area contributed by atoms with Gasteiger partial charge in [-0.2, -0.15) is 0 Å². The van der Waals surface area contributed by atoms with Crippen LogP contribution in [0.2, 0.25) is 0 Å². The maximum atomic E-state index is 11.4. The van der Waals surface area contributed by atoms with Gasteiger partial charge in [-0.15, -0.1) is 11.3 Å². The third-order valence-corrected chi connectivity index (χ3v) is 3.32. The Bertz CT molecular complexity index is 297. The van der Waals surface area contributed by atoms with E-state index >= 15 is 0 Å². The Labute approximate surface area is 81.4 Å². The largest absolute Gasteiger partial charge is 0.336 e. The average molecular weight is 196 g/mol. The lowest BCUT2D eigenvalue weighted by Gasteiger charge is -2.32. The number of nitrogens with zero attached hydrogens (tertiary/aromatic N) is 1. The van der Waals surface area contributed by atoms with Crippen LogP contribution in [-0.2, 0) is 4.79 Å². The molecule has 0 aromatic carbocycles. The molecule has 1 saturated heterocycles. The zero-order valence-corrected chi connectivity index (χ0v) is 8.30. The molecule has 1 unspecified atom stereocenters. The van der Waals surface area contributed by atoms with Gasteiger partial charge >= 0.3 is 0 Å². The van der Waals surface area contributed by atoms with Crippen molar-refractivity contribution in [2.75, 3.05) is 20.1 Å². The van der Waals surface area contributed by atoms with Crippen LogP contribution in [0.5, 0.6) is 0 Å². The summed E-state index contributed by atoms with van der Waals surface area (Å²) < 4.78 is 0. The molecule has 70 valence electrons. The van der Waals surface area contributed by atoms with Crippen molar-refractivity contribution in [3.63, 3.8) is 0 Å². The number of hydrogen-bond acceptors (Lipinski definition) is 3. The number of carbonyl (C=O) groups is 1. The molecular weight excluding hydrogens is 184 g/mol. The number of likely N-dealkylation sites (N-methyl/N-ethyl adjacent to an activating group) is 1. The summed E-state index contributed by atoms with van der Waals surface area (Å²) >= 11 is 1.70. The van der Waals surface area contributed by atoms with Crippen LogP contribution in [0.15, 0.2) is 17.5 Å². The van der Waals surface area contributed by atoms with E-state index in [1.54, 1.807) is 11.3 Å². The number of piperazine rings is 1. The molecule has 4 heteroatoms. The highest BCUT2D eigenvalue weighted by atomic mass is 32.1. The molecule has 1 amide bonds. The average Bonchev–Trinajstić information content (AvgIpc) is 2.62. The summed E-state index contributed by atoms with van der Waals surface area (Å²) in [6.45, 7) is 1.33. The zero-order valence-electron chi connectivity index (χ0n) is 7.49. The summed E-state index contributed by atoms with van der Waals surface area (Å²) in [7, 11) is 1.87. The van der Waals surface area contributed by atoms with Crippen molar-refractivity contribution in [1.82, 2.24) is 10.2 Å². The lowest BCUT2D eigenvalue weighted by atomic mass is 10.1. The van der Waals surface area contributed by atoms with Gasteiger partial charge in [-0.05, 0) is 11.4 Å². The Morgan fingerprint density at radius 2 is 2.54 bits per heavy atom. The van der Waals surface area contributed by atoms with Crippen LogP contribution in [0.1, 0.15) is 10.9 Å². The molecule has 1 aromatic heterocycles. The van der Waals surface area contributed by atoms with Gasteiger partial charge in [0.05, 0.1) is 12.6 Å². The Kier molecular flexibility index (Phi) is 2.33. The van der Waals surface area contributed by atoms with E-state index in [9.17, 15) is 4.79 Å². The Morgan fingerprint density at radius 1 is 1.69 bits per heavy atom. The lowest BCUT2D eigenvalue weighted by Crippen LogP contribution is -2.47. The minimum Gasteiger partial charge on any atom is -0.336 e. The minimum absolute atomic E-state index is 0.171. The molecule has 1 aliphatic heterocycles. The van der Waals surface area contributed by atoms with Crippen LogP contribution < -0.4 is 5.32 Å². The Hall–Kier alpha value is -0.870. The molecule has 1 aliphatic rings. The molecule has 1 fully saturated rings. The number of carbonyl (C=O) groups excluding carboxylic acids is 1. The minimum atomic E-state index is 0.171. The van der Waals surface area contributed by atoms with Crippen molar-refractivity contribution >= 4 is 17.2 Å². The Morgan fingerprint density at radius 3 is 3.23 bits per heavy atom. The molecule has 13 heavy (non-hydrogen) atoms. The van der Waals surface area contributed by atoms with Gasteiger partial charge in [0, 0.05) is 18.5 Å². The summed E-state index contributed by atoms with van der Waals surface area (Å²) in [5.41, 5.74) is 0. The summed E-state index contributed by atoms with van der Waals surface area (Å²) in [4.78, 5) is 14.4. The highest BCUT2D eigenvalue weighted by molar-refractivity contribution is 7.10. The topological polar surface area (TPSA) is 32.3 Å². The highest BCUT2D eigenvalue weighted by Gasteiger charge is 2.25. The second kappa shape index (κ2) is 3.47. The predicted octanol–water partition coefficient (Wildman–Crippen LogP) is 0.851. The first-order valence-corrected chi connectivity index (χ1v) is 5.17. The van der Waals surface area contributed by atoms with Gasteiger partial charge < -0.3 is 10.2 Å². The standard InChI is InChI=1S/C9H12N2OS/c1-11-7(5-10-6-9(11)12)8-3-2-4-13-8/h2-4,7,10H,5-6H2,1H3. The number of thiophene rings is 1. The van der Waals surface area contributed by atoms with Gasteiger partial charge in [0.1, 0.15) is 0 Å². The van der Waals surface area contributed by atoms with E-state index in [4.69, 9.17) is 0 Å². The summed E-state index contributed by atoms with van der Waals surface area (Å²) in [5, 5.41) is 5.16. The van der Waals surface area contributed by atoms with Crippen LogP contribution in [0.25, 0.3) is 0 Å². The number of rotatable bonds is 1. The lowest BCUT2D eigenvalue weighted by molar-refractivity contribution is -0.133. The van der Waals surface area contributed by atoms with Crippen LogP contribution in [0, 0.1) is 0 Å². The van der Waals surface area contributed by atoms with Gasteiger partial charge in [0.15, 0.2) is 0 Å². The molecule has 2 heterocycles. The van der Waals surface area contributed by atoms with Crippen LogP contribution >= 0.6 is 11.3 Å². The molecule has 0 radical (unpaired) electrons. The fourth-order valence-corrected chi connectivity index (χ4v) is 2.39. The summed E-state index contributed by atoms with van der Waals surface area (Å²) in [6, 6.07) is 4.32. The van der Waals surface area contributed by atoms with E-state index in [-0.39, 0.29) is 11.9 Å². The quantitative estimate of drug-likeness (QED) is 0.722. The first-order valence-electron chi connectivity index (χ1n) is 4.29. The van der Waals surface area contributed by atoms with Crippen molar-refractivity contribution in [3.05, 3.63) is 22.4 Å². The van der Waals surface area contributed by atoms with Crippen molar-refractivity contribution in [2.24, 2.45) is 0 Å². The Balaban J connectivity index is 2.19. The van der Waals surface area contributed by atoms with Gasteiger partial charge in [0.2, 0.25) is 5.91 Å². The van der Waals surface area contributed by atoms with Gasteiger partial charge in [-0.3, -0.25) is 4.79 Å². The van der Waals surface area contributed by atoms with Crippen molar-refractivity contribution in [2.45, 2.75) is 6.04 Å². The highest BCUT2D eigenvalue weighted by Crippen LogP contribution is 2.24. The number of hydrogen-bond donors (Lipinski definition) is 1. The third kappa shape index (κ3) is 1.59. The molecular formula is C9H12N2OS. The molecule has 0 saturated carbocycles. The van der Waals surface area contributed by atoms with Gasteiger partial charge in [0.25, 0.3) is 0 Å². The normalized spacial score (nSPS) is 23.6. The van der Waals surface area contributed by atoms with Crippen molar-refractivity contribution in [1.29, 1.82) is 0 Å². The van der Waals surface area contributed by atoms with Gasteiger partial charge in [-0.25, -0.2) is 0 Å². The maximum absolute atomic E-state index is 11.4. The summed E-state index contributed by atoms with van der Waals surface area (Å²) in [5.74, 6) is 0.171. The first-order chi connectivity index (χ1) is 6.29. The molecule has 0 aliphatic carbocycles. The monoisotopic (exact) mass is 196 g/mol. The summed E-state index contributed by atoms with van der Waals surface area (Å²) in [6.07, 6.45) is 0. The van der Waals surface area contributed by atoms with E-state index in [0.717, 1.165) is 6.54 Å². The fraction of sp³-hybridized carbons (Fsp3) is 0.444. The maximum Gasteiger partial charge on any atom is 0.236 e. The molecule has 2 rings (SSSR count). The molecule has 0 bridgehead atoms. The second-order valence-electron chi connectivity index (χ2n) is 3.17. The van der Waals surface area contributed by atoms with Crippen LogP contribution in [0.4, 0.5) is 0 Å². The zero-order chi connectivity index (χ0) is 9.26. The molecule has 1 aromatic rings. The van der Waals surface area contributed by atoms with E-state index in [0.29, 0.717) is 6.54 Å². The SMILES string of the molecule is CN1C(=O)CNCC1c1cccs1. The van der Waals surface area contributed by atoms with Crippen LogP contribution in [-0.4, -0.2) is 30.9 Å². The van der Waals surface area contributed by atoms with E-state index in [1.165, 1.54) is 4.88 Å². The van der Waals surface area contributed by atoms with Gasteiger partial charge in [-0.1, -0.05) is 6.07 Å². The molecule has 0 spiro atoms. The fourth-order valence-electron chi connectivity index (χ4n) is 1.52. The molecule has 3 nitrogen and oxygen atoms in total. The van der Waals surface area contributed by atoms with E-state index in [1.807, 2.05) is 23.4 Å². The van der Waals surface area contributed by atoms with Crippen LogP contribution in [0.3, 0.4) is 0 Å². The molecule has 1 N–H and O–H groups in total. The predicted molar refractivity (Wildman–Crippen MR) is 52.7 cm³/mol. The smallest absolute Gasteiger partial charge is 0.236 e. The van der Waals surface area contributed by atoms with E-state index < -0.39 is 0 Å². The van der Waals surface area contributed by atoms with Crippen molar-refractivity contribution in [3.8, 4) is 0 Å². The first kappa shape index (κ1) is 8.72. The number of amides is 1.